The SMILES string of the molecule is Cc1cc2c3c(c1)N(c1ccc(C(C)(C)Cc4ccc(N5c6ccccc6B6c7sc8ccccc8c7N(c7ccccc7)c7cc(C)cc5c76)cc4)cc1)c1c(C(C)(C)C)csc1B3c1ccccc1N2c1ccccc1. The number of rotatable bonds is 7. The highest BCUT2D eigenvalue weighted by Crippen LogP contribution is 2.51. The van der Waals surface area contributed by atoms with Crippen molar-refractivity contribution in [3.8, 4) is 0 Å². The fourth-order valence-corrected chi connectivity index (χ4v) is 16.3. The smallest absolute Gasteiger partial charge is 0.264 e. The lowest BCUT2D eigenvalue weighted by atomic mass is 9.36. The van der Waals surface area contributed by atoms with Gasteiger partial charge in [-0.25, -0.2) is 0 Å². The molecule has 0 bridgehead atoms. The molecule has 4 aliphatic heterocycles. The van der Waals surface area contributed by atoms with E-state index in [9.17, 15) is 0 Å². The molecule has 8 heteroatoms. The van der Waals surface area contributed by atoms with Crippen molar-refractivity contribution in [3.63, 3.8) is 0 Å². The first-order valence-electron chi connectivity index (χ1n) is 27.5. The third-order valence-corrected chi connectivity index (χ3v) is 19.3. The molecule has 0 N–H and O–H groups in total. The second-order valence-electron chi connectivity index (χ2n) is 23.6. The molecule has 0 saturated carbocycles. The highest BCUT2D eigenvalue weighted by molar-refractivity contribution is 7.33. The number of fused-ring (bicyclic) bond motifs is 10. The van der Waals surface area contributed by atoms with Gasteiger partial charge in [0.05, 0.1) is 11.4 Å². The minimum atomic E-state index is -0.136. The Morgan fingerprint density at radius 2 is 0.872 bits per heavy atom. The van der Waals surface area contributed by atoms with Crippen LogP contribution >= 0.6 is 22.7 Å². The van der Waals surface area contributed by atoms with Gasteiger partial charge in [0.15, 0.2) is 0 Å². The molecular weight excluding hydrogens is 983 g/mol. The summed E-state index contributed by atoms with van der Waals surface area (Å²) in [5.41, 5.74) is 26.7. The average Bonchev–Trinajstić information content (AvgIpc) is 2.37. The maximum Gasteiger partial charge on any atom is 0.264 e. The van der Waals surface area contributed by atoms with Crippen LogP contribution in [-0.2, 0) is 17.3 Å². The Morgan fingerprint density at radius 3 is 1.45 bits per heavy atom. The summed E-state index contributed by atoms with van der Waals surface area (Å²) in [6, 6.07) is 77.8. The predicted octanol–water partition coefficient (Wildman–Crippen LogP) is 15.6. The van der Waals surface area contributed by atoms with Crippen LogP contribution in [-0.4, -0.2) is 13.4 Å². The van der Waals surface area contributed by atoms with E-state index < -0.39 is 0 Å². The Hall–Kier alpha value is -8.03. The predicted molar refractivity (Wildman–Crippen MR) is 339 cm³/mol. The van der Waals surface area contributed by atoms with Crippen LogP contribution in [0.1, 0.15) is 62.4 Å². The van der Waals surface area contributed by atoms with Gasteiger partial charge >= 0.3 is 0 Å². The Bertz CT molecular complexity index is 4190. The second kappa shape index (κ2) is 17.5. The standard InChI is InChI=1S/C70H58B2N4S2/c1-44-39-59-64-60(40-44)75(49-22-12-9-13-23-49)65-52-24-14-19-29-62(52)78-68(65)72(64)55-26-16-18-28-57(55)74(59)50-34-30-46(31-35-50)42-70(6,7)47-32-36-51(37-33-47)76-61-41-45(2)38-58-63(61)71(67-66(76)53(43-77-67)69(3,4)5)54-25-15-17-27-56(54)73(58)48-20-10-8-11-21-48/h8-41,43H,42H2,1-7H3. The number of aryl methyl sites for hydroxylation is 2. The number of thiophene rings is 2. The Kier molecular flexibility index (Phi) is 10.6. The van der Waals surface area contributed by atoms with Gasteiger partial charge in [0, 0.05) is 76.5 Å². The Labute approximate surface area is 467 Å². The third kappa shape index (κ3) is 7.12. The maximum atomic E-state index is 2.61. The van der Waals surface area contributed by atoms with Crippen molar-refractivity contribution >= 4 is 146 Å². The molecule has 0 aliphatic carbocycles. The van der Waals surface area contributed by atoms with E-state index in [2.05, 4.69) is 280 Å². The van der Waals surface area contributed by atoms with Gasteiger partial charge in [0.2, 0.25) is 0 Å². The van der Waals surface area contributed by atoms with E-state index in [4.69, 9.17) is 0 Å². The van der Waals surface area contributed by atoms with E-state index in [1.807, 2.05) is 22.7 Å². The van der Waals surface area contributed by atoms with Gasteiger partial charge in [0.1, 0.15) is 0 Å². The van der Waals surface area contributed by atoms with E-state index in [1.165, 1.54) is 138 Å². The summed E-state index contributed by atoms with van der Waals surface area (Å²) in [5, 5.41) is 3.75. The van der Waals surface area contributed by atoms with Gasteiger partial charge in [0.25, 0.3) is 13.4 Å². The van der Waals surface area contributed by atoms with Crippen LogP contribution in [0, 0.1) is 13.8 Å². The number of nitrogens with zero attached hydrogens (tertiary/aromatic N) is 4. The topological polar surface area (TPSA) is 13.0 Å². The van der Waals surface area contributed by atoms with Crippen molar-refractivity contribution in [2.75, 3.05) is 19.6 Å². The molecule has 4 aliphatic rings. The van der Waals surface area contributed by atoms with Gasteiger partial charge < -0.3 is 19.6 Å². The summed E-state index contributed by atoms with van der Waals surface area (Å²) in [6.45, 7) is 16.7. The molecule has 78 heavy (non-hydrogen) atoms. The number of benzene rings is 9. The molecule has 0 fully saturated rings. The molecule has 6 heterocycles. The summed E-state index contributed by atoms with van der Waals surface area (Å²) in [7, 11) is 0. The van der Waals surface area contributed by atoms with Crippen LogP contribution in [0.2, 0.25) is 0 Å². The molecule has 376 valence electrons. The molecule has 0 amide bonds. The fourth-order valence-electron chi connectivity index (χ4n) is 13.6. The monoisotopic (exact) mass is 1040 g/mol. The molecule has 0 radical (unpaired) electrons. The number of anilines is 12. The van der Waals surface area contributed by atoms with Gasteiger partial charge in [-0.1, -0.05) is 150 Å². The molecule has 9 aromatic carbocycles. The first-order chi connectivity index (χ1) is 37.9. The minimum absolute atomic E-state index is 0.0548. The van der Waals surface area contributed by atoms with Crippen LogP contribution < -0.4 is 51.0 Å². The summed E-state index contributed by atoms with van der Waals surface area (Å²) in [5.74, 6) is 0. The van der Waals surface area contributed by atoms with E-state index in [-0.39, 0.29) is 24.3 Å². The fraction of sp³-hybridized carbons (Fsp3) is 0.143. The summed E-state index contributed by atoms with van der Waals surface area (Å²) in [4.78, 5) is 10.2. The Morgan fingerprint density at radius 1 is 0.423 bits per heavy atom. The quantitative estimate of drug-likeness (QED) is 0.148. The first kappa shape index (κ1) is 47.2. The molecular formula is C70H58B2N4S2. The normalized spacial score (nSPS) is 14.0. The van der Waals surface area contributed by atoms with Crippen molar-refractivity contribution in [2.45, 2.75) is 65.7 Å². The van der Waals surface area contributed by atoms with Crippen LogP contribution in [0.15, 0.2) is 212 Å². The van der Waals surface area contributed by atoms with Crippen molar-refractivity contribution < 1.29 is 0 Å². The Balaban J connectivity index is 0.785. The average molecular weight is 1040 g/mol. The maximum absolute atomic E-state index is 2.61. The third-order valence-electron chi connectivity index (χ3n) is 17.0. The highest BCUT2D eigenvalue weighted by Gasteiger charge is 2.48. The second-order valence-corrected chi connectivity index (χ2v) is 25.6. The van der Waals surface area contributed by atoms with Crippen LogP contribution in [0.5, 0.6) is 0 Å². The molecule has 11 aromatic rings. The summed E-state index contributed by atoms with van der Waals surface area (Å²) < 4.78 is 4.14. The highest BCUT2D eigenvalue weighted by atomic mass is 32.1. The van der Waals surface area contributed by atoms with Crippen molar-refractivity contribution in [3.05, 3.63) is 239 Å². The summed E-state index contributed by atoms with van der Waals surface area (Å²) in [6.07, 6.45) is 0.903. The molecule has 4 nitrogen and oxygen atoms in total. The van der Waals surface area contributed by atoms with Crippen molar-refractivity contribution in [1.29, 1.82) is 0 Å². The van der Waals surface area contributed by atoms with Gasteiger partial charge in [-0.15, -0.1) is 11.3 Å². The lowest BCUT2D eigenvalue weighted by molar-refractivity contribution is 0.522. The number of hydrogen-bond acceptors (Lipinski definition) is 6. The summed E-state index contributed by atoms with van der Waals surface area (Å²) >= 11 is 3.88. The molecule has 15 rings (SSSR count). The largest absolute Gasteiger partial charge is 0.311 e. The number of para-hydroxylation sites is 4. The zero-order valence-corrected chi connectivity index (χ0v) is 46.8. The van der Waals surface area contributed by atoms with Gasteiger partial charge in [-0.3, -0.25) is 0 Å². The molecule has 0 atom stereocenters. The van der Waals surface area contributed by atoms with Gasteiger partial charge in [-0.05, 0) is 177 Å². The lowest BCUT2D eigenvalue weighted by Crippen LogP contribution is -2.60. The lowest BCUT2D eigenvalue weighted by Gasteiger charge is -2.44. The van der Waals surface area contributed by atoms with Crippen LogP contribution in [0.3, 0.4) is 0 Å². The van der Waals surface area contributed by atoms with E-state index in [0.29, 0.717) is 0 Å². The minimum Gasteiger partial charge on any atom is -0.311 e. The number of hydrogen-bond donors (Lipinski definition) is 0. The zero-order valence-electron chi connectivity index (χ0n) is 45.2. The molecule has 2 aromatic heterocycles. The van der Waals surface area contributed by atoms with E-state index in [0.717, 1.165) is 6.42 Å². The van der Waals surface area contributed by atoms with E-state index >= 15 is 0 Å². The molecule has 0 spiro atoms. The van der Waals surface area contributed by atoms with Gasteiger partial charge in [-0.2, -0.15) is 11.3 Å². The van der Waals surface area contributed by atoms with Crippen molar-refractivity contribution in [1.82, 2.24) is 0 Å². The van der Waals surface area contributed by atoms with Crippen LogP contribution in [0.4, 0.5) is 68.2 Å². The zero-order chi connectivity index (χ0) is 52.8. The first-order valence-corrected chi connectivity index (χ1v) is 29.2. The van der Waals surface area contributed by atoms with Crippen LogP contribution in [0.25, 0.3) is 10.1 Å². The molecule has 0 saturated heterocycles. The molecule has 0 unspecified atom stereocenters. The van der Waals surface area contributed by atoms with Crippen molar-refractivity contribution in [2.24, 2.45) is 0 Å². The van der Waals surface area contributed by atoms with E-state index in [1.54, 1.807) is 0 Å².